The molecule has 3 rings (SSSR count). The van der Waals surface area contributed by atoms with Gasteiger partial charge in [-0.3, -0.25) is 4.90 Å². The molecule has 0 bridgehead atoms. The topological polar surface area (TPSA) is 24.5 Å². The highest BCUT2D eigenvalue weighted by Gasteiger charge is 2.32. The molecule has 0 saturated carbocycles. The molecule has 0 spiro atoms. The van der Waals surface area contributed by atoms with Gasteiger partial charge in [-0.15, -0.1) is 13.2 Å². The van der Waals surface area contributed by atoms with Gasteiger partial charge < -0.3 is 10.1 Å². The summed E-state index contributed by atoms with van der Waals surface area (Å²) in [5.74, 6) is -1.76. The number of piperazine rings is 1. The van der Waals surface area contributed by atoms with Crippen LogP contribution in [0.15, 0.2) is 42.5 Å². The van der Waals surface area contributed by atoms with Gasteiger partial charge in [0, 0.05) is 31.7 Å². The van der Waals surface area contributed by atoms with E-state index in [1.807, 2.05) is 4.90 Å². The molecule has 3 nitrogen and oxygen atoms in total. The van der Waals surface area contributed by atoms with E-state index in [1.165, 1.54) is 30.3 Å². The van der Waals surface area contributed by atoms with Crippen LogP contribution in [0, 0.1) is 11.6 Å². The van der Waals surface area contributed by atoms with Gasteiger partial charge in [0.1, 0.15) is 17.4 Å². The van der Waals surface area contributed by atoms with Crippen molar-refractivity contribution in [2.45, 2.75) is 12.4 Å². The highest BCUT2D eigenvalue weighted by molar-refractivity contribution is 5.37. The summed E-state index contributed by atoms with van der Waals surface area (Å²) in [5.41, 5.74) is 0.379. The second kappa shape index (κ2) is 7.59. The van der Waals surface area contributed by atoms with E-state index < -0.39 is 24.0 Å². The van der Waals surface area contributed by atoms with E-state index in [2.05, 4.69) is 10.1 Å². The first-order valence-corrected chi connectivity index (χ1v) is 8.09. The van der Waals surface area contributed by atoms with E-state index in [0.29, 0.717) is 31.7 Å². The molecule has 1 aliphatic rings. The molecule has 1 N–H and O–H groups in total. The zero-order chi connectivity index (χ0) is 18.7. The molecular weight excluding hydrogens is 355 g/mol. The van der Waals surface area contributed by atoms with Gasteiger partial charge in [-0.05, 0) is 29.8 Å². The molecule has 1 aliphatic heterocycles. The Bertz CT molecular complexity index is 722. The Balaban J connectivity index is 1.98. The van der Waals surface area contributed by atoms with Gasteiger partial charge in [0.2, 0.25) is 0 Å². The average molecular weight is 372 g/mol. The Morgan fingerprint density at radius 2 is 1.50 bits per heavy atom. The molecule has 0 aliphatic carbocycles. The van der Waals surface area contributed by atoms with Crippen LogP contribution >= 0.6 is 0 Å². The Morgan fingerprint density at radius 1 is 0.923 bits per heavy atom. The SMILES string of the molecule is Fc1cccc(F)c1[C@@H](c1ccc(OC(F)(F)F)cc1)N1CCNCC1. The third-order valence-corrected chi connectivity index (χ3v) is 4.22. The molecule has 26 heavy (non-hydrogen) atoms. The summed E-state index contributed by atoms with van der Waals surface area (Å²) < 4.78 is 69.6. The third-order valence-electron chi connectivity index (χ3n) is 4.22. The molecule has 0 amide bonds. The van der Waals surface area contributed by atoms with Crippen molar-refractivity contribution < 1.29 is 26.7 Å². The fraction of sp³-hybridized carbons (Fsp3) is 0.333. The largest absolute Gasteiger partial charge is 0.573 e. The second-order valence-corrected chi connectivity index (χ2v) is 5.94. The van der Waals surface area contributed by atoms with E-state index in [4.69, 9.17) is 0 Å². The zero-order valence-corrected chi connectivity index (χ0v) is 13.7. The first-order valence-electron chi connectivity index (χ1n) is 8.09. The number of halogens is 5. The van der Waals surface area contributed by atoms with Crippen molar-refractivity contribution in [1.82, 2.24) is 10.2 Å². The average Bonchev–Trinajstić information content (AvgIpc) is 2.59. The van der Waals surface area contributed by atoms with Crippen molar-refractivity contribution in [3.8, 4) is 5.75 Å². The van der Waals surface area contributed by atoms with Gasteiger partial charge >= 0.3 is 6.36 Å². The zero-order valence-electron chi connectivity index (χ0n) is 13.7. The lowest BCUT2D eigenvalue weighted by atomic mass is 9.95. The van der Waals surface area contributed by atoms with Crippen LogP contribution in [-0.4, -0.2) is 37.4 Å². The standard InChI is InChI=1S/C18H17F5N2O/c19-14-2-1-3-15(20)16(14)17(25-10-8-24-9-11-25)12-4-6-13(7-5-12)26-18(21,22)23/h1-7,17,24H,8-11H2/t17-/m1/s1. The van der Waals surface area contributed by atoms with Gasteiger partial charge in [-0.2, -0.15) is 0 Å². The summed E-state index contributed by atoms with van der Waals surface area (Å²) in [6.07, 6.45) is -4.79. The second-order valence-electron chi connectivity index (χ2n) is 5.94. The van der Waals surface area contributed by atoms with Crippen LogP contribution in [0.25, 0.3) is 0 Å². The Hall–Kier alpha value is -2.19. The van der Waals surface area contributed by atoms with Gasteiger partial charge in [0.25, 0.3) is 0 Å². The molecule has 0 unspecified atom stereocenters. The molecule has 1 saturated heterocycles. The van der Waals surface area contributed by atoms with E-state index in [-0.39, 0.29) is 11.3 Å². The normalized spacial score (nSPS) is 17.1. The minimum atomic E-state index is -4.79. The molecule has 8 heteroatoms. The Morgan fingerprint density at radius 3 is 2.04 bits per heavy atom. The van der Waals surface area contributed by atoms with Crippen molar-refractivity contribution in [3.63, 3.8) is 0 Å². The Labute approximate surface area is 147 Å². The van der Waals surface area contributed by atoms with Crippen LogP contribution in [0.3, 0.4) is 0 Å². The first-order chi connectivity index (χ1) is 12.3. The number of alkyl halides is 3. The molecule has 1 fully saturated rings. The maximum Gasteiger partial charge on any atom is 0.573 e. The maximum absolute atomic E-state index is 14.4. The molecule has 140 valence electrons. The summed E-state index contributed by atoms with van der Waals surface area (Å²) >= 11 is 0. The van der Waals surface area contributed by atoms with Crippen molar-refractivity contribution >= 4 is 0 Å². The minimum Gasteiger partial charge on any atom is -0.406 e. The summed E-state index contributed by atoms with van der Waals surface area (Å²) in [6, 6.07) is 8.00. The summed E-state index contributed by atoms with van der Waals surface area (Å²) in [4.78, 5) is 1.90. The summed E-state index contributed by atoms with van der Waals surface area (Å²) in [7, 11) is 0. The molecule has 2 aromatic rings. The number of hydrogen-bond acceptors (Lipinski definition) is 3. The van der Waals surface area contributed by atoms with E-state index in [0.717, 1.165) is 12.1 Å². The molecule has 0 radical (unpaired) electrons. The monoisotopic (exact) mass is 372 g/mol. The quantitative estimate of drug-likeness (QED) is 0.825. The number of rotatable bonds is 4. The Kier molecular flexibility index (Phi) is 5.43. The minimum absolute atomic E-state index is 0.112. The van der Waals surface area contributed by atoms with Gasteiger partial charge in [-0.1, -0.05) is 18.2 Å². The molecule has 1 atom stereocenters. The lowest BCUT2D eigenvalue weighted by Gasteiger charge is -2.35. The number of hydrogen-bond donors (Lipinski definition) is 1. The summed E-state index contributed by atoms with van der Waals surface area (Å²) in [5, 5.41) is 3.16. The fourth-order valence-electron chi connectivity index (χ4n) is 3.12. The lowest BCUT2D eigenvalue weighted by molar-refractivity contribution is -0.274. The van der Waals surface area contributed by atoms with E-state index >= 15 is 0 Å². The molecular formula is C18H17F5N2O. The van der Waals surface area contributed by atoms with Crippen molar-refractivity contribution in [2.24, 2.45) is 0 Å². The van der Waals surface area contributed by atoms with Crippen molar-refractivity contribution in [2.75, 3.05) is 26.2 Å². The van der Waals surface area contributed by atoms with Gasteiger partial charge in [0.05, 0.1) is 6.04 Å². The maximum atomic E-state index is 14.4. The molecule has 1 heterocycles. The van der Waals surface area contributed by atoms with Crippen LogP contribution in [0.1, 0.15) is 17.2 Å². The number of benzene rings is 2. The smallest absolute Gasteiger partial charge is 0.406 e. The number of nitrogens with one attached hydrogen (secondary N) is 1. The van der Waals surface area contributed by atoms with Gasteiger partial charge in [-0.25, -0.2) is 8.78 Å². The van der Waals surface area contributed by atoms with E-state index in [1.54, 1.807) is 0 Å². The fourth-order valence-corrected chi connectivity index (χ4v) is 3.12. The predicted octanol–water partition coefficient (Wildman–Crippen LogP) is 3.86. The highest BCUT2D eigenvalue weighted by atomic mass is 19.4. The number of ether oxygens (including phenoxy) is 1. The highest BCUT2D eigenvalue weighted by Crippen LogP contribution is 2.34. The molecule has 2 aromatic carbocycles. The summed E-state index contributed by atoms with van der Waals surface area (Å²) in [6.45, 7) is 2.42. The van der Waals surface area contributed by atoms with Crippen molar-refractivity contribution in [3.05, 3.63) is 65.2 Å². The van der Waals surface area contributed by atoms with Crippen LogP contribution in [0.2, 0.25) is 0 Å². The lowest BCUT2D eigenvalue weighted by Crippen LogP contribution is -2.45. The van der Waals surface area contributed by atoms with Crippen molar-refractivity contribution in [1.29, 1.82) is 0 Å². The van der Waals surface area contributed by atoms with Crippen LogP contribution in [0.4, 0.5) is 22.0 Å². The van der Waals surface area contributed by atoms with Gasteiger partial charge in [0.15, 0.2) is 0 Å². The first kappa shape index (κ1) is 18.6. The van der Waals surface area contributed by atoms with Crippen LogP contribution < -0.4 is 10.1 Å². The van der Waals surface area contributed by atoms with E-state index in [9.17, 15) is 22.0 Å². The number of nitrogens with zero attached hydrogens (tertiary/aromatic N) is 1. The molecule has 0 aromatic heterocycles. The van der Waals surface area contributed by atoms with Crippen LogP contribution in [-0.2, 0) is 0 Å². The van der Waals surface area contributed by atoms with Crippen LogP contribution in [0.5, 0.6) is 5.75 Å². The third kappa shape index (κ3) is 4.31. The predicted molar refractivity (Wildman–Crippen MR) is 85.8 cm³/mol.